The lowest BCUT2D eigenvalue weighted by Crippen LogP contribution is -2.00. The highest BCUT2D eigenvalue weighted by Crippen LogP contribution is 2.41. The first-order valence-corrected chi connectivity index (χ1v) is 13.5. The van der Waals surface area contributed by atoms with Gasteiger partial charge in [-0.05, 0) is 46.7 Å². The van der Waals surface area contributed by atoms with E-state index in [0.717, 1.165) is 44.2 Å². The van der Waals surface area contributed by atoms with Gasteiger partial charge in [0.2, 0.25) is 5.71 Å². The van der Waals surface area contributed by atoms with Crippen LogP contribution in [0.3, 0.4) is 0 Å². The zero-order valence-electron chi connectivity index (χ0n) is 21.9. The summed E-state index contributed by atoms with van der Waals surface area (Å²) >= 11 is 0. The van der Waals surface area contributed by atoms with Gasteiger partial charge in [0.15, 0.2) is 17.5 Å². The Morgan fingerprint density at radius 1 is 0.463 bits per heavy atom. The first-order valence-electron chi connectivity index (χ1n) is 13.5. The maximum Gasteiger partial charge on any atom is 0.227 e. The van der Waals surface area contributed by atoms with Crippen molar-refractivity contribution in [1.29, 1.82) is 0 Å². The van der Waals surface area contributed by atoms with Crippen molar-refractivity contribution in [3.63, 3.8) is 0 Å². The molecule has 5 aromatic carbocycles. The van der Waals surface area contributed by atoms with Gasteiger partial charge in [-0.1, -0.05) is 97.1 Å². The zero-order chi connectivity index (χ0) is 27.2. The quantitative estimate of drug-likeness (QED) is 0.229. The summed E-state index contributed by atoms with van der Waals surface area (Å²) in [6, 6.07) is 43.0. The number of nitrogens with zero attached hydrogens (tertiary/aromatic N) is 4. The predicted molar refractivity (Wildman–Crippen MR) is 164 cm³/mol. The maximum atomic E-state index is 6.46. The molecule has 0 radical (unpaired) electrons. The van der Waals surface area contributed by atoms with Crippen LogP contribution in [0.5, 0.6) is 0 Å². The molecule has 0 N–H and O–H groups in total. The van der Waals surface area contributed by atoms with Crippen molar-refractivity contribution in [3.05, 3.63) is 134 Å². The smallest absolute Gasteiger partial charge is 0.227 e. The summed E-state index contributed by atoms with van der Waals surface area (Å²) in [7, 11) is 0. The summed E-state index contributed by atoms with van der Waals surface area (Å²) in [5.41, 5.74) is 6.13. The molecule has 0 aliphatic rings. The molecule has 0 amide bonds. The maximum absolute atomic E-state index is 6.46. The summed E-state index contributed by atoms with van der Waals surface area (Å²) in [5.74, 6) is 1.82. The summed E-state index contributed by atoms with van der Waals surface area (Å²) in [6.07, 6.45) is 1.75. The van der Waals surface area contributed by atoms with Gasteiger partial charge in [0.25, 0.3) is 0 Å². The van der Waals surface area contributed by atoms with Crippen LogP contribution in [0.2, 0.25) is 0 Å². The molecular formula is C36H22N4O. The number of rotatable bonds is 4. The van der Waals surface area contributed by atoms with E-state index in [1.54, 1.807) is 6.20 Å². The summed E-state index contributed by atoms with van der Waals surface area (Å²) in [5, 5.41) is 4.22. The van der Waals surface area contributed by atoms with Crippen LogP contribution in [0.25, 0.3) is 78.1 Å². The Bertz CT molecular complexity index is 2150. The van der Waals surface area contributed by atoms with Crippen LogP contribution >= 0.6 is 0 Å². The molecule has 8 rings (SSSR count). The number of aromatic nitrogens is 4. The normalized spacial score (nSPS) is 11.4. The zero-order valence-corrected chi connectivity index (χ0v) is 21.9. The van der Waals surface area contributed by atoms with Gasteiger partial charge in [-0.15, -0.1) is 0 Å². The molecule has 8 aromatic rings. The van der Waals surface area contributed by atoms with Crippen molar-refractivity contribution in [2.45, 2.75) is 0 Å². The molecule has 0 spiro atoms. The Balaban J connectivity index is 1.41. The molecule has 0 fully saturated rings. The Morgan fingerprint density at radius 3 is 1.83 bits per heavy atom. The van der Waals surface area contributed by atoms with Gasteiger partial charge in [-0.25, -0.2) is 19.9 Å². The molecule has 5 heteroatoms. The van der Waals surface area contributed by atoms with Crippen molar-refractivity contribution >= 4 is 32.8 Å². The third kappa shape index (κ3) is 4.03. The van der Waals surface area contributed by atoms with Crippen molar-refractivity contribution in [2.24, 2.45) is 0 Å². The number of pyridine rings is 1. The second-order valence-electron chi connectivity index (χ2n) is 9.92. The van der Waals surface area contributed by atoms with Crippen molar-refractivity contribution in [1.82, 2.24) is 19.9 Å². The first-order chi connectivity index (χ1) is 20.3. The number of fused-ring (bicyclic) bond motifs is 4. The Hall–Kier alpha value is -5.68. The average Bonchev–Trinajstić information content (AvgIpc) is 3.44. The molecule has 0 bridgehead atoms. The van der Waals surface area contributed by atoms with Gasteiger partial charge >= 0.3 is 0 Å². The third-order valence-corrected chi connectivity index (χ3v) is 7.40. The molecule has 0 atom stereocenters. The number of benzene rings is 5. The topological polar surface area (TPSA) is 64.7 Å². The van der Waals surface area contributed by atoms with Crippen LogP contribution in [0, 0.1) is 0 Å². The van der Waals surface area contributed by atoms with E-state index >= 15 is 0 Å². The summed E-state index contributed by atoms with van der Waals surface area (Å²) in [4.78, 5) is 19.4. The van der Waals surface area contributed by atoms with E-state index in [0.29, 0.717) is 23.2 Å². The molecule has 3 aromatic heterocycles. The highest BCUT2D eigenvalue weighted by Gasteiger charge is 2.21. The minimum absolute atomic E-state index is 0.581. The monoisotopic (exact) mass is 526 g/mol. The van der Waals surface area contributed by atoms with Crippen LogP contribution in [0.4, 0.5) is 0 Å². The van der Waals surface area contributed by atoms with Gasteiger partial charge in [-0.2, -0.15) is 0 Å². The van der Waals surface area contributed by atoms with Crippen molar-refractivity contribution in [2.75, 3.05) is 0 Å². The molecule has 0 aliphatic heterocycles. The highest BCUT2D eigenvalue weighted by atomic mass is 16.3. The average molecular weight is 527 g/mol. The van der Waals surface area contributed by atoms with E-state index in [2.05, 4.69) is 59.6 Å². The van der Waals surface area contributed by atoms with E-state index in [1.807, 2.05) is 72.8 Å². The highest BCUT2D eigenvalue weighted by molar-refractivity contribution is 6.15. The number of hydrogen-bond donors (Lipinski definition) is 0. The van der Waals surface area contributed by atoms with Gasteiger partial charge in [0, 0.05) is 39.2 Å². The van der Waals surface area contributed by atoms with Crippen LogP contribution < -0.4 is 0 Å². The van der Waals surface area contributed by atoms with E-state index in [-0.39, 0.29) is 0 Å². The van der Waals surface area contributed by atoms with Gasteiger partial charge in [0.1, 0.15) is 5.58 Å². The first kappa shape index (κ1) is 23.2. The van der Waals surface area contributed by atoms with Crippen LogP contribution in [0.15, 0.2) is 138 Å². The van der Waals surface area contributed by atoms with Crippen LogP contribution in [-0.4, -0.2) is 19.9 Å². The molecule has 0 saturated carbocycles. The minimum atomic E-state index is 0.581. The van der Waals surface area contributed by atoms with E-state index in [9.17, 15) is 0 Å². The molecule has 0 saturated heterocycles. The third-order valence-electron chi connectivity index (χ3n) is 7.40. The molecule has 41 heavy (non-hydrogen) atoms. The molecule has 3 heterocycles. The number of furan rings is 1. The van der Waals surface area contributed by atoms with Crippen molar-refractivity contribution in [3.8, 4) is 45.3 Å². The lowest BCUT2D eigenvalue weighted by atomic mass is 9.96. The summed E-state index contributed by atoms with van der Waals surface area (Å²) in [6.45, 7) is 0. The van der Waals surface area contributed by atoms with Gasteiger partial charge in [-0.3, -0.25) is 0 Å². The largest absolute Gasteiger partial charge is 0.437 e. The van der Waals surface area contributed by atoms with Gasteiger partial charge in [0.05, 0.1) is 0 Å². The minimum Gasteiger partial charge on any atom is -0.437 e. The second-order valence-corrected chi connectivity index (χ2v) is 9.92. The molecule has 5 nitrogen and oxygen atoms in total. The fourth-order valence-corrected chi connectivity index (χ4v) is 5.41. The second kappa shape index (κ2) is 9.50. The molecular weight excluding hydrogens is 504 g/mol. The Labute approximate surface area is 235 Å². The predicted octanol–water partition coefficient (Wildman–Crippen LogP) is 8.99. The standard InChI is InChI=1S/C36H22N4O/c1-3-11-24(12-4-1)33-38-34(25-13-5-2-6-14-25)40-35(39-33)29-20-19-28(27-18-17-23-10-7-8-15-26(23)22-27)32-31(29)30-16-9-21-37-36(30)41-32/h1-22H. The van der Waals surface area contributed by atoms with E-state index in [1.165, 1.54) is 10.8 Å². The SMILES string of the molecule is c1ccc(-c2nc(-c3ccccc3)nc(-c3ccc(-c4ccc5ccccc5c4)c4oc5ncccc5c34)n2)cc1. The van der Waals surface area contributed by atoms with E-state index < -0.39 is 0 Å². The van der Waals surface area contributed by atoms with Gasteiger partial charge < -0.3 is 4.42 Å². The van der Waals surface area contributed by atoms with Crippen LogP contribution in [-0.2, 0) is 0 Å². The van der Waals surface area contributed by atoms with Crippen LogP contribution in [0.1, 0.15) is 0 Å². The summed E-state index contributed by atoms with van der Waals surface area (Å²) < 4.78 is 6.46. The number of hydrogen-bond acceptors (Lipinski definition) is 5. The fourth-order valence-electron chi connectivity index (χ4n) is 5.41. The fraction of sp³-hybridized carbons (Fsp3) is 0. The Kier molecular flexibility index (Phi) is 5.38. The molecule has 192 valence electrons. The van der Waals surface area contributed by atoms with E-state index in [4.69, 9.17) is 19.4 Å². The Morgan fingerprint density at radius 2 is 1.10 bits per heavy atom. The molecule has 0 aliphatic carbocycles. The lowest BCUT2D eigenvalue weighted by molar-refractivity contribution is 0.655. The van der Waals surface area contributed by atoms with Crippen molar-refractivity contribution < 1.29 is 4.42 Å². The molecule has 0 unspecified atom stereocenters. The lowest BCUT2D eigenvalue weighted by Gasteiger charge is -2.11.